The van der Waals surface area contributed by atoms with E-state index < -0.39 is 0 Å². The normalized spacial score (nSPS) is 9.42. The maximum absolute atomic E-state index is 10.6. The molecule has 4 nitrogen and oxygen atoms in total. The number of rotatable bonds is 2. The van der Waals surface area contributed by atoms with E-state index in [9.17, 15) is 4.79 Å². The molecule has 1 heterocycles. The fourth-order valence-corrected chi connectivity index (χ4v) is 1.54. The first kappa shape index (κ1) is 8.73. The minimum atomic E-state index is -0.119. The van der Waals surface area contributed by atoms with Gasteiger partial charge in [-0.15, -0.1) is 11.3 Å². The molecule has 0 saturated heterocycles. The Hall–Kier alpha value is -1.36. The number of amidine groups is 1. The number of hydrogen-bond acceptors (Lipinski definition) is 3. The van der Waals surface area contributed by atoms with E-state index >= 15 is 0 Å². The predicted octanol–water partition coefficient (Wildman–Crippen LogP) is 0.991. The third kappa shape index (κ3) is 2.06. The van der Waals surface area contributed by atoms with Crippen LogP contribution in [-0.4, -0.2) is 11.7 Å². The Labute approximate surface area is 73.9 Å². The zero-order valence-electron chi connectivity index (χ0n) is 6.55. The highest BCUT2D eigenvalue weighted by atomic mass is 32.1. The molecule has 1 aromatic heterocycles. The molecule has 1 amide bonds. The fraction of sp³-hybridized carbons (Fsp3) is 0.143. The molecule has 0 aromatic carbocycles. The Balaban J connectivity index is 2.77. The molecular weight excluding hydrogens is 174 g/mol. The standard InChI is InChI=1S/C7H9N3OS/c1-4(11)10-6-3-2-5(12-6)7(8)9/h2-3H,1H3,(H3,8,9)(H,10,11). The lowest BCUT2D eigenvalue weighted by Gasteiger charge is -1.94. The van der Waals surface area contributed by atoms with Crippen LogP contribution in [0.5, 0.6) is 0 Å². The van der Waals surface area contributed by atoms with Gasteiger partial charge in [-0.1, -0.05) is 0 Å². The average Bonchev–Trinajstić information content (AvgIpc) is 2.34. The smallest absolute Gasteiger partial charge is 0.221 e. The van der Waals surface area contributed by atoms with Crippen molar-refractivity contribution < 1.29 is 4.79 Å². The molecule has 1 rings (SSSR count). The zero-order valence-corrected chi connectivity index (χ0v) is 7.37. The maximum atomic E-state index is 10.6. The number of amides is 1. The monoisotopic (exact) mass is 183 g/mol. The molecular formula is C7H9N3OS. The maximum Gasteiger partial charge on any atom is 0.221 e. The van der Waals surface area contributed by atoms with Gasteiger partial charge < -0.3 is 11.1 Å². The van der Waals surface area contributed by atoms with Crippen molar-refractivity contribution in [3.63, 3.8) is 0 Å². The van der Waals surface area contributed by atoms with Crippen LogP contribution in [0.25, 0.3) is 0 Å². The number of nitrogens with one attached hydrogen (secondary N) is 2. The largest absolute Gasteiger partial charge is 0.383 e. The van der Waals surface area contributed by atoms with Gasteiger partial charge in [0, 0.05) is 6.92 Å². The summed E-state index contributed by atoms with van der Waals surface area (Å²) in [5, 5.41) is 10.4. The Kier molecular flexibility index (Phi) is 2.44. The summed E-state index contributed by atoms with van der Waals surface area (Å²) in [4.78, 5) is 11.3. The van der Waals surface area contributed by atoms with Gasteiger partial charge in [0.15, 0.2) is 0 Å². The molecule has 0 aliphatic carbocycles. The minimum absolute atomic E-state index is 0.0246. The van der Waals surface area contributed by atoms with Gasteiger partial charge in [-0.05, 0) is 12.1 Å². The molecule has 0 unspecified atom stereocenters. The third-order valence-corrected chi connectivity index (χ3v) is 2.20. The van der Waals surface area contributed by atoms with Crippen LogP contribution >= 0.6 is 11.3 Å². The van der Waals surface area contributed by atoms with E-state index in [1.807, 2.05) is 0 Å². The van der Waals surface area contributed by atoms with Gasteiger partial charge in [-0.2, -0.15) is 0 Å². The van der Waals surface area contributed by atoms with Crippen LogP contribution in [-0.2, 0) is 4.79 Å². The Morgan fingerprint density at radius 1 is 1.67 bits per heavy atom. The molecule has 0 radical (unpaired) electrons. The van der Waals surface area contributed by atoms with Crippen LogP contribution in [0.3, 0.4) is 0 Å². The van der Waals surface area contributed by atoms with Crippen LogP contribution < -0.4 is 11.1 Å². The molecule has 0 bridgehead atoms. The molecule has 12 heavy (non-hydrogen) atoms. The number of thiophene rings is 1. The topological polar surface area (TPSA) is 79.0 Å². The van der Waals surface area contributed by atoms with E-state index in [2.05, 4.69) is 5.32 Å². The Bertz CT molecular complexity index is 318. The summed E-state index contributed by atoms with van der Waals surface area (Å²) in [7, 11) is 0. The van der Waals surface area contributed by atoms with Gasteiger partial charge in [0.25, 0.3) is 0 Å². The lowest BCUT2D eigenvalue weighted by atomic mass is 10.4. The van der Waals surface area contributed by atoms with E-state index in [1.54, 1.807) is 12.1 Å². The molecule has 64 valence electrons. The molecule has 0 aliphatic rings. The van der Waals surface area contributed by atoms with Crippen molar-refractivity contribution in [2.45, 2.75) is 6.92 Å². The second-order valence-corrected chi connectivity index (χ2v) is 3.34. The summed E-state index contributed by atoms with van der Waals surface area (Å²) in [5.41, 5.74) is 5.24. The SMILES string of the molecule is CC(=O)Nc1ccc(C(=N)N)s1. The average molecular weight is 183 g/mol. The van der Waals surface area contributed by atoms with Gasteiger partial charge in [-0.25, -0.2) is 0 Å². The molecule has 0 aliphatic heterocycles. The number of hydrogen-bond donors (Lipinski definition) is 3. The molecule has 0 saturated carbocycles. The Morgan fingerprint density at radius 2 is 2.33 bits per heavy atom. The third-order valence-electron chi connectivity index (χ3n) is 1.17. The molecule has 4 N–H and O–H groups in total. The lowest BCUT2D eigenvalue weighted by molar-refractivity contribution is -0.114. The number of nitrogens with two attached hydrogens (primary N) is 1. The highest BCUT2D eigenvalue weighted by molar-refractivity contribution is 7.18. The first-order valence-electron chi connectivity index (χ1n) is 3.31. The number of nitrogen functional groups attached to an aromatic ring is 1. The van der Waals surface area contributed by atoms with Gasteiger partial charge in [0.1, 0.15) is 5.84 Å². The van der Waals surface area contributed by atoms with Crippen LogP contribution in [0.2, 0.25) is 0 Å². The summed E-state index contributed by atoms with van der Waals surface area (Å²) in [6, 6.07) is 3.43. The van der Waals surface area contributed by atoms with E-state index in [0.717, 1.165) is 0 Å². The summed E-state index contributed by atoms with van der Waals surface area (Å²) in [6.07, 6.45) is 0. The van der Waals surface area contributed by atoms with Crippen molar-refractivity contribution in [1.82, 2.24) is 0 Å². The molecule has 1 aromatic rings. The number of anilines is 1. The first-order chi connectivity index (χ1) is 5.59. The molecule has 5 heteroatoms. The highest BCUT2D eigenvalue weighted by Crippen LogP contribution is 2.20. The van der Waals surface area contributed by atoms with Crippen molar-refractivity contribution in [1.29, 1.82) is 5.41 Å². The van der Waals surface area contributed by atoms with Gasteiger partial charge in [-0.3, -0.25) is 10.2 Å². The van der Waals surface area contributed by atoms with Crippen LogP contribution in [0.4, 0.5) is 5.00 Å². The summed E-state index contributed by atoms with van der Waals surface area (Å²) < 4.78 is 0. The summed E-state index contributed by atoms with van der Waals surface area (Å²) in [6.45, 7) is 1.44. The van der Waals surface area contributed by atoms with Crippen LogP contribution in [0, 0.1) is 5.41 Å². The van der Waals surface area contributed by atoms with E-state index in [1.165, 1.54) is 18.3 Å². The second-order valence-electron chi connectivity index (χ2n) is 2.26. The highest BCUT2D eigenvalue weighted by Gasteiger charge is 2.02. The van der Waals surface area contributed by atoms with Crippen molar-refractivity contribution in [3.05, 3.63) is 17.0 Å². The number of carbonyl (C=O) groups is 1. The Morgan fingerprint density at radius 3 is 2.75 bits per heavy atom. The van der Waals surface area contributed by atoms with Crippen molar-refractivity contribution >= 4 is 28.1 Å². The molecule has 0 fully saturated rings. The number of carbonyl (C=O) groups excluding carboxylic acids is 1. The van der Waals surface area contributed by atoms with Gasteiger partial charge in [0.05, 0.1) is 9.88 Å². The van der Waals surface area contributed by atoms with Gasteiger partial charge >= 0.3 is 0 Å². The van der Waals surface area contributed by atoms with Crippen LogP contribution in [0.15, 0.2) is 12.1 Å². The second kappa shape index (κ2) is 3.36. The summed E-state index contributed by atoms with van der Waals surface area (Å²) >= 11 is 1.29. The molecule has 0 spiro atoms. The van der Waals surface area contributed by atoms with Crippen molar-refractivity contribution in [2.24, 2.45) is 5.73 Å². The minimum Gasteiger partial charge on any atom is -0.383 e. The van der Waals surface area contributed by atoms with Crippen molar-refractivity contribution in [3.8, 4) is 0 Å². The van der Waals surface area contributed by atoms with E-state index in [0.29, 0.717) is 9.88 Å². The fourth-order valence-electron chi connectivity index (χ4n) is 0.723. The zero-order chi connectivity index (χ0) is 9.14. The summed E-state index contributed by atoms with van der Waals surface area (Å²) in [5.74, 6) is -0.0939. The predicted molar refractivity (Wildman–Crippen MR) is 49.6 cm³/mol. The lowest BCUT2D eigenvalue weighted by Crippen LogP contribution is -2.08. The molecule has 0 atom stereocenters. The quantitative estimate of drug-likeness (QED) is 0.472. The first-order valence-corrected chi connectivity index (χ1v) is 4.13. The van der Waals surface area contributed by atoms with E-state index in [4.69, 9.17) is 11.1 Å². The van der Waals surface area contributed by atoms with Crippen LogP contribution in [0.1, 0.15) is 11.8 Å². The van der Waals surface area contributed by atoms with Gasteiger partial charge in [0.2, 0.25) is 5.91 Å². The van der Waals surface area contributed by atoms with E-state index in [-0.39, 0.29) is 11.7 Å². The van der Waals surface area contributed by atoms with Crippen molar-refractivity contribution in [2.75, 3.05) is 5.32 Å².